The summed E-state index contributed by atoms with van der Waals surface area (Å²) in [6, 6.07) is 0. The standard InChI is InChI=1S/C7H14O8/c8-1-5(11)7(13,3-9)6(12)4(10)2-15-14/h5-6,8-9,11-14H,1-3H2/p-1/t5-,6-,7+/m0/s1. The molecule has 0 aliphatic rings. The van der Waals surface area contributed by atoms with Crippen LogP contribution in [0.1, 0.15) is 0 Å². The Morgan fingerprint density at radius 1 is 1.40 bits per heavy atom. The van der Waals surface area contributed by atoms with Crippen molar-refractivity contribution in [1.29, 1.82) is 0 Å². The van der Waals surface area contributed by atoms with Crippen LogP contribution in [0.3, 0.4) is 0 Å². The third kappa shape index (κ3) is 3.18. The second kappa shape index (κ2) is 6.08. The minimum absolute atomic E-state index is 0.973. The van der Waals surface area contributed by atoms with E-state index in [4.69, 9.17) is 15.3 Å². The average Bonchev–Trinajstić information content (AvgIpc) is 2.26. The molecule has 8 nitrogen and oxygen atoms in total. The highest BCUT2D eigenvalue weighted by molar-refractivity contribution is 5.85. The van der Waals surface area contributed by atoms with Crippen LogP contribution in [-0.2, 0) is 9.68 Å². The fourth-order valence-electron chi connectivity index (χ4n) is 0.948. The lowest BCUT2D eigenvalue weighted by atomic mass is 9.89. The van der Waals surface area contributed by atoms with Crippen LogP contribution in [0.15, 0.2) is 0 Å². The molecule has 0 bridgehead atoms. The molecule has 8 heteroatoms. The zero-order valence-corrected chi connectivity index (χ0v) is 7.74. The van der Waals surface area contributed by atoms with Gasteiger partial charge in [0.05, 0.1) is 19.8 Å². The van der Waals surface area contributed by atoms with Gasteiger partial charge in [0, 0.05) is 0 Å². The molecule has 0 unspecified atom stereocenters. The van der Waals surface area contributed by atoms with E-state index in [0.717, 1.165) is 0 Å². The fraction of sp³-hybridized carbons (Fsp3) is 0.857. The van der Waals surface area contributed by atoms with Crippen LogP contribution in [-0.4, -0.2) is 68.9 Å². The van der Waals surface area contributed by atoms with Gasteiger partial charge in [-0.2, -0.15) is 0 Å². The topological polar surface area (TPSA) is 151 Å². The van der Waals surface area contributed by atoms with Gasteiger partial charge >= 0.3 is 0 Å². The van der Waals surface area contributed by atoms with Gasteiger partial charge in [-0.1, -0.05) is 0 Å². The van der Waals surface area contributed by atoms with Crippen LogP contribution in [0, 0.1) is 0 Å². The Hall–Kier alpha value is -0.610. The minimum atomic E-state index is -2.62. The molecule has 0 aliphatic carbocycles. The molecule has 0 aromatic carbocycles. The lowest BCUT2D eigenvalue weighted by Crippen LogP contribution is -2.60. The summed E-state index contributed by atoms with van der Waals surface area (Å²) in [6.45, 7) is -3.16. The Morgan fingerprint density at radius 3 is 2.27 bits per heavy atom. The molecule has 90 valence electrons. The van der Waals surface area contributed by atoms with Gasteiger partial charge in [-0.3, -0.25) is 4.79 Å². The van der Waals surface area contributed by atoms with Gasteiger partial charge in [0.2, 0.25) is 0 Å². The van der Waals surface area contributed by atoms with Gasteiger partial charge in [0.15, 0.2) is 5.78 Å². The number of rotatable bonds is 7. The van der Waals surface area contributed by atoms with Crippen molar-refractivity contribution >= 4 is 5.78 Å². The molecule has 0 fully saturated rings. The quantitative estimate of drug-likeness (QED) is 0.214. The molecule has 0 heterocycles. The SMILES string of the molecule is O=C(CO[O-])[C@H](O)[C@@](O)(CO)[C@@H](O)CO. The number of Topliss-reactive ketones (excluding diaryl/α,β-unsaturated/α-hetero) is 1. The molecule has 0 aliphatic heterocycles. The normalized spacial score (nSPS) is 19.3. The molecule has 0 aromatic rings. The van der Waals surface area contributed by atoms with Crippen molar-refractivity contribution in [2.75, 3.05) is 19.8 Å². The Balaban J connectivity index is 4.71. The number of hydrogen-bond acceptors (Lipinski definition) is 8. The first kappa shape index (κ1) is 14.4. The molecule has 0 spiro atoms. The summed E-state index contributed by atoms with van der Waals surface area (Å²) in [5.41, 5.74) is -2.62. The van der Waals surface area contributed by atoms with E-state index in [1.807, 2.05) is 0 Å². The van der Waals surface area contributed by atoms with E-state index in [-0.39, 0.29) is 0 Å². The third-order valence-electron chi connectivity index (χ3n) is 1.98. The fourth-order valence-corrected chi connectivity index (χ4v) is 0.948. The molecular weight excluding hydrogens is 212 g/mol. The number of hydrogen-bond donors (Lipinski definition) is 5. The van der Waals surface area contributed by atoms with Crippen molar-refractivity contribution < 1.29 is 40.5 Å². The Bertz CT molecular complexity index is 207. The molecule has 0 aromatic heterocycles. The zero-order chi connectivity index (χ0) is 12.1. The van der Waals surface area contributed by atoms with Crippen LogP contribution < -0.4 is 5.26 Å². The minimum Gasteiger partial charge on any atom is -0.723 e. The van der Waals surface area contributed by atoms with Crippen LogP contribution >= 0.6 is 0 Å². The Labute approximate surface area is 84.9 Å². The van der Waals surface area contributed by atoms with Crippen molar-refractivity contribution in [3.05, 3.63) is 0 Å². The first-order valence-corrected chi connectivity index (χ1v) is 4.01. The van der Waals surface area contributed by atoms with Crippen molar-refractivity contribution in [1.82, 2.24) is 0 Å². The maximum atomic E-state index is 10.9. The van der Waals surface area contributed by atoms with E-state index in [9.17, 15) is 20.3 Å². The molecule has 15 heavy (non-hydrogen) atoms. The monoisotopic (exact) mass is 225 g/mol. The van der Waals surface area contributed by atoms with E-state index in [1.54, 1.807) is 0 Å². The molecule has 0 radical (unpaired) electrons. The summed E-state index contributed by atoms with van der Waals surface area (Å²) in [6.07, 6.45) is -4.15. The number of ketones is 1. The maximum absolute atomic E-state index is 10.9. The highest BCUT2D eigenvalue weighted by Crippen LogP contribution is 2.16. The molecule has 0 saturated carbocycles. The van der Waals surface area contributed by atoms with E-state index in [2.05, 4.69) is 4.89 Å². The third-order valence-corrected chi connectivity index (χ3v) is 1.98. The molecule has 3 atom stereocenters. The van der Waals surface area contributed by atoms with E-state index >= 15 is 0 Å². The molecule has 0 amide bonds. The molecule has 5 N–H and O–H groups in total. The van der Waals surface area contributed by atoms with Crippen LogP contribution in [0.5, 0.6) is 0 Å². The number of carbonyl (C=O) groups is 1. The summed E-state index contributed by atoms with van der Waals surface area (Å²) < 4.78 is 0. The largest absolute Gasteiger partial charge is 0.723 e. The van der Waals surface area contributed by atoms with Gasteiger partial charge in [-0.25, -0.2) is 0 Å². The van der Waals surface area contributed by atoms with Crippen molar-refractivity contribution in [3.63, 3.8) is 0 Å². The Kier molecular flexibility index (Phi) is 5.83. The van der Waals surface area contributed by atoms with Crippen LogP contribution in [0.25, 0.3) is 0 Å². The van der Waals surface area contributed by atoms with Gasteiger partial charge in [0.1, 0.15) is 17.8 Å². The highest BCUT2D eigenvalue weighted by atomic mass is 17.1. The smallest absolute Gasteiger partial charge is 0.189 e. The van der Waals surface area contributed by atoms with E-state index in [1.165, 1.54) is 0 Å². The van der Waals surface area contributed by atoms with Crippen molar-refractivity contribution in [2.24, 2.45) is 0 Å². The van der Waals surface area contributed by atoms with E-state index in [0.29, 0.717) is 0 Å². The predicted octanol–water partition coefficient (Wildman–Crippen LogP) is -4.72. The van der Waals surface area contributed by atoms with Crippen molar-refractivity contribution in [3.8, 4) is 0 Å². The highest BCUT2D eigenvalue weighted by Gasteiger charge is 2.45. The molecule has 0 rings (SSSR count). The number of carbonyl (C=O) groups excluding carboxylic acids is 1. The number of aliphatic hydroxyl groups excluding tert-OH is 4. The molecule has 0 saturated heterocycles. The average molecular weight is 225 g/mol. The maximum Gasteiger partial charge on any atom is 0.189 e. The summed E-state index contributed by atoms with van der Waals surface area (Å²) in [5.74, 6) is -1.21. The molecular formula is C7H13O8-. The van der Waals surface area contributed by atoms with E-state index < -0.39 is 43.4 Å². The second-order valence-electron chi connectivity index (χ2n) is 2.98. The van der Waals surface area contributed by atoms with Gasteiger partial charge in [0.25, 0.3) is 0 Å². The second-order valence-corrected chi connectivity index (χ2v) is 2.98. The zero-order valence-electron chi connectivity index (χ0n) is 7.74. The predicted molar refractivity (Wildman–Crippen MR) is 42.1 cm³/mol. The number of aliphatic hydroxyl groups is 5. The summed E-state index contributed by atoms with van der Waals surface area (Å²) in [5, 5.41) is 54.6. The summed E-state index contributed by atoms with van der Waals surface area (Å²) in [7, 11) is 0. The summed E-state index contributed by atoms with van der Waals surface area (Å²) in [4.78, 5) is 14.1. The summed E-state index contributed by atoms with van der Waals surface area (Å²) >= 11 is 0. The lowest BCUT2D eigenvalue weighted by molar-refractivity contribution is -0.685. The van der Waals surface area contributed by atoms with Gasteiger partial charge in [-0.15, -0.1) is 0 Å². The van der Waals surface area contributed by atoms with Crippen LogP contribution in [0.4, 0.5) is 0 Å². The van der Waals surface area contributed by atoms with Gasteiger partial charge in [-0.05, 0) is 0 Å². The van der Waals surface area contributed by atoms with Crippen LogP contribution in [0.2, 0.25) is 0 Å². The van der Waals surface area contributed by atoms with Gasteiger partial charge < -0.3 is 35.7 Å². The first-order chi connectivity index (χ1) is 6.93. The lowest BCUT2D eigenvalue weighted by Gasteiger charge is -2.33. The Morgan fingerprint density at radius 2 is 1.93 bits per heavy atom. The first-order valence-electron chi connectivity index (χ1n) is 4.01. The van der Waals surface area contributed by atoms with Crippen molar-refractivity contribution in [2.45, 2.75) is 17.8 Å².